The molecule has 2 atom stereocenters. The number of nitrogens with zero attached hydrogens (tertiary/aromatic N) is 1. The number of thiophene rings is 1. The summed E-state index contributed by atoms with van der Waals surface area (Å²) in [5, 5.41) is 9.60. The fourth-order valence-electron chi connectivity index (χ4n) is 1.75. The van der Waals surface area contributed by atoms with Crippen LogP contribution in [0.2, 0.25) is 4.34 Å². The van der Waals surface area contributed by atoms with Crippen molar-refractivity contribution in [1.82, 2.24) is 10.5 Å². The van der Waals surface area contributed by atoms with Gasteiger partial charge < -0.3 is 4.52 Å². The summed E-state index contributed by atoms with van der Waals surface area (Å²) >= 11 is 7.40. The highest BCUT2D eigenvalue weighted by atomic mass is 35.5. The molecule has 7 heteroatoms. The zero-order valence-corrected chi connectivity index (χ0v) is 13.0. The maximum absolute atomic E-state index is 12.0. The standard InChI is InChI=1S/C13H16ClN3O2S/c1-7-6-12(19-17-7)16-13(18)9(3)15-8(2)10-4-5-11(14)20-10/h4-6,8-9,15H,1-3H3,(H,16,18)/t8-,9-/m0/s1. The van der Waals surface area contributed by atoms with Crippen molar-refractivity contribution < 1.29 is 9.32 Å². The first-order valence-corrected chi connectivity index (χ1v) is 7.40. The number of carbonyl (C=O) groups is 1. The SMILES string of the molecule is Cc1cc(NC(=O)[C@H](C)N[C@@H](C)c2ccc(Cl)s2)on1. The number of anilines is 1. The lowest BCUT2D eigenvalue weighted by molar-refractivity contribution is -0.118. The minimum atomic E-state index is -0.365. The van der Waals surface area contributed by atoms with Gasteiger partial charge in [0.05, 0.1) is 16.1 Å². The number of rotatable bonds is 5. The first-order valence-electron chi connectivity index (χ1n) is 6.21. The van der Waals surface area contributed by atoms with Gasteiger partial charge in [-0.2, -0.15) is 0 Å². The molecule has 2 rings (SSSR count). The van der Waals surface area contributed by atoms with Gasteiger partial charge in [0.25, 0.3) is 0 Å². The van der Waals surface area contributed by atoms with Crippen LogP contribution in [0.15, 0.2) is 22.7 Å². The molecule has 0 fully saturated rings. The average Bonchev–Trinajstić information content (AvgIpc) is 2.98. The summed E-state index contributed by atoms with van der Waals surface area (Å²) in [5.74, 6) is 0.184. The van der Waals surface area contributed by atoms with Crippen molar-refractivity contribution in [3.63, 3.8) is 0 Å². The second-order valence-electron chi connectivity index (χ2n) is 4.57. The molecule has 108 valence electrons. The van der Waals surface area contributed by atoms with Crippen LogP contribution in [-0.4, -0.2) is 17.1 Å². The molecular formula is C13H16ClN3O2S. The van der Waals surface area contributed by atoms with E-state index in [1.54, 1.807) is 19.9 Å². The number of aromatic nitrogens is 1. The van der Waals surface area contributed by atoms with Crippen LogP contribution in [0.4, 0.5) is 5.88 Å². The van der Waals surface area contributed by atoms with Gasteiger partial charge in [-0.05, 0) is 32.9 Å². The summed E-state index contributed by atoms with van der Waals surface area (Å²) in [6.45, 7) is 5.58. The van der Waals surface area contributed by atoms with E-state index in [4.69, 9.17) is 16.1 Å². The molecule has 0 aliphatic rings. The van der Waals surface area contributed by atoms with Crippen LogP contribution in [0, 0.1) is 6.92 Å². The predicted molar refractivity (Wildman–Crippen MR) is 80.2 cm³/mol. The highest BCUT2D eigenvalue weighted by molar-refractivity contribution is 7.16. The summed E-state index contributed by atoms with van der Waals surface area (Å²) in [6, 6.07) is 5.16. The molecule has 0 radical (unpaired) electrons. The Morgan fingerprint density at radius 2 is 2.20 bits per heavy atom. The third kappa shape index (κ3) is 3.82. The first kappa shape index (κ1) is 15.0. The molecule has 0 aliphatic heterocycles. The Bertz CT molecular complexity index is 596. The lowest BCUT2D eigenvalue weighted by Crippen LogP contribution is -2.39. The largest absolute Gasteiger partial charge is 0.338 e. The van der Waals surface area contributed by atoms with Crippen molar-refractivity contribution in [2.24, 2.45) is 0 Å². The van der Waals surface area contributed by atoms with Crippen LogP contribution in [0.5, 0.6) is 0 Å². The molecule has 5 nitrogen and oxygen atoms in total. The van der Waals surface area contributed by atoms with Crippen LogP contribution in [0.1, 0.15) is 30.5 Å². The van der Waals surface area contributed by atoms with Crippen molar-refractivity contribution in [2.75, 3.05) is 5.32 Å². The smallest absolute Gasteiger partial charge is 0.243 e. The van der Waals surface area contributed by atoms with Crippen molar-refractivity contribution in [3.8, 4) is 0 Å². The number of halogens is 1. The molecule has 0 saturated heterocycles. The number of nitrogens with one attached hydrogen (secondary N) is 2. The second-order valence-corrected chi connectivity index (χ2v) is 6.32. The Hall–Kier alpha value is -1.37. The van der Waals surface area contributed by atoms with E-state index in [-0.39, 0.29) is 18.0 Å². The Kier molecular flexibility index (Phi) is 4.80. The zero-order chi connectivity index (χ0) is 14.7. The van der Waals surface area contributed by atoms with Gasteiger partial charge in [-0.25, -0.2) is 0 Å². The Labute approximate surface area is 126 Å². The third-order valence-corrected chi connectivity index (χ3v) is 4.20. The number of hydrogen-bond donors (Lipinski definition) is 2. The minimum absolute atomic E-state index is 0.0460. The van der Waals surface area contributed by atoms with E-state index >= 15 is 0 Å². The molecular weight excluding hydrogens is 298 g/mol. The van der Waals surface area contributed by atoms with Gasteiger partial charge in [0, 0.05) is 17.0 Å². The lowest BCUT2D eigenvalue weighted by Gasteiger charge is -2.17. The predicted octanol–water partition coefficient (Wildman–Crippen LogP) is 3.38. The zero-order valence-electron chi connectivity index (χ0n) is 11.4. The molecule has 1 amide bonds. The van der Waals surface area contributed by atoms with Crippen LogP contribution in [0.25, 0.3) is 0 Å². The molecule has 0 aromatic carbocycles. The summed E-state index contributed by atoms with van der Waals surface area (Å²) in [7, 11) is 0. The molecule has 0 unspecified atom stereocenters. The Morgan fingerprint density at radius 3 is 2.75 bits per heavy atom. The second kappa shape index (κ2) is 6.39. The Morgan fingerprint density at radius 1 is 1.45 bits per heavy atom. The summed E-state index contributed by atoms with van der Waals surface area (Å²) < 4.78 is 5.69. The number of aryl methyl sites for hydroxylation is 1. The molecule has 2 aromatic heterocycles. The number of carbonyl (C=O) groups excluding carboxylic acids is 1. The van der Waals surface area contributed by atoms with Crippen molar-refractivity contribution in [2.45, 2.75) is 32.9 Å². The first-order chi connectivity index (χ1) is 9.45. The van der Waals surface area contributed by atoms with E-state index in [1.807, 2.05) is 19.1 Å². The van der Waals surface area contributed by atoms with Crippen LogP contribution < -0.4 is 10.6 Å². The molecule has 0 aliphatic carbocycles. The highest BCUT2D eigenvalue weighted by Crippen LogP contribution is 2.26. The minimum Gasteiger partial charge on any atom is -0.338 e. The average molecular weight is 314 g/mol. The monoisotopic (exact) mass is 313 g/mol. The van der Waals surface area contributed by atoms with Crippen molar-refractivity contribution in [3.05, 3.63) is 33.1 Å². The molecule has 2 heterocycles. The van der Waals surface area contributed by atoms with E-state index in [9.17, 15) is 4.79 Å². The van der Waals surface area contributed by atoms with Gasteiger partial charge in [-0.15, -0.1) is 11.3 Å². The van der Waals surface area contributed by atoms with Crippen LogP contribution in [-0.2, 0) is 4.79 Å². The molecule has 0 saturated carbocycles. The molecule has 2 N–H and O–H groups in total. The van der Waals surface area contributed by atoms with E-state index in [0.717, 1.165) is 14.9 Å². The van der Waals surface area contributed by atoms with Crippen molar-refractivity contribution in [1.29, 1.82) is 0 Å². The molecule has 0 spiro atoms. The van der Waals surface area contributed by atoms with Gasteiger partial charge in [0.1, 0.15) is 0 Å². The van der Waals surface area contributed by atoms with Crippen LogP contribution in [0.3, 0.4) is 0 Å². The van der Waals surface area contributed by atoms with Gasteiger partial charge >= 0.3 is 0 Å². The van der Waals surface area contributed by atoms with Gasteiger partial charge in [0.15, 0.2) is 0 Å². The third-order valence-electron chi connectivity index (χ3n) is 2.79. The number of amides is 1. The van der Waals surface area contributed by atoms with E-state index in [2.05, 4.69) is 15.8 Å². The van der Waals surface area contributed by atoms with Gasteiger partial charge in [0.2, 0.25) is 11.8 Å². The molecule has 0 bridgehead atoms. The van der Waals surface area contributed by atoms with Gasteiger partial charge in [-0.1, -0.05) is 16.8 Å². The highest BCUT2D eigenvalue weighted by Gasteiger charge is 2.18. The Balaban J connectivity index is 1.90. The fourth-order valence-corrected chi connectivity index (χ4v) is 2.82. The summed E-state index contributed by atoms with van der Waals surface area (Å²) in [4.78, 5) is 13.1. The molecule has 20 heavy (non-hydrogen) atoms. The maximum atomic E-state index is 12.0. The summed E-state index contributed by atoms with van der Waals surface area (Å²) in [5.41, 5.74) is 0.725. The van der Waals surface area contributed by atoms with Gasteiger partial charge in [-0.3, -0.25) is 15.4 Å². The normalized spacial score (nSPS) is 14.0. The summed E-state index contributed by atoms with van der Waals surface area (Å²) in [6.07, 6.45) is 0. The molecule has 2 aromatic rings. The quantitative estimate of drug-likeness (QED) is 0.888. The number of hydrogen-bond acceptors (Lipinski definition) is 5. The fraction of sp³-hybridized carbons (Fsp3) is 0.385. The van der Waals surface area contributed by atoms with E-state index in [1.165, 1.54) is 11.3 Å². The maximum Gasteiger partial charge on any atom is 0.243 e. The van der Waals surface area contributed by atoms with Crippen LogP contribution >= 0.6 is 22.9 Å². The lowest BCUT2D eigenvalue weighted by atomic mass is 10.2. The van der Waals surface area contributed by atoms with E-state index < -0.39 is 0 Å². The van der Waals surface area contributed by atoms with E-state index in [0.29, 0.717) is 5.88 Å². The topological polar surface area (TPSA) is 67.2 Å². The van der Waals surface area contributed by atoms with Crippen molar-refractivity contribution >= 4 is 34.7 Å².